The molecule has 1 aromatic rings. The number of amides is 1. The van der Waals surface area contributed by atoms with E-state index >= 15 is 0 Å². The number of nitrogens with one attached hydrogen (secondary N) is 1. The third kappa shape index (κ3) is 2.54. The molecule has 0 radical (unpaired) electrons. The van der Waals surface area contributed by atoms with Gasteiger partial charge in [-0.3, -0.25) is 4.79 Å². The summed E-state index contributed by atoms with van der Waals surface area (Å²) in [5, 5.41) is 11.7. The Bertz CT molecular complexity index is 492. The molecule has 0 saturated heterocycles. The van der Waals surface area contributed by atoms with Crippen LogP contribution in [0.1, 0.15) is 29.6 Å². The van der Waals surface area contributed by atoms with Crippen molar-refractivity contribution in [3.05, 3.63) is 34.1 Å². The van der Waals surface area contributed by atoms with Gasteiger partial charge in [0.15, 0.2) is 0 Å². The standard InChI is InChI=1S/C13H12BrFN2O/c14-9-4-2-5-10(15)12(9)13(18)17-11-6-1-3-8(11)7-16/h2,4-5,8,11H,1,3,6H2,(H,17,18). The van der Waals surface area contributed by atoms with Crippen molar-refractivity contribution in [3.8, 4) is 6.07 Å². The molecular formula is C13H12BrFN2O. The lowest BCUT2D eigenvalue weighted by atomic mass is 10.1. The van der Waals surface area contributed by atoms with E-state index in [1.165, 1.54) is 12.1 Å². The first kappa shape index (κ1) is 13.0. The molecule has 0 aliphatic heterocycles. The maximum atomic E-state index is 13.6. The largest absolute Gasteiger partial charge is 0.348 e. The Morgan fingerprint density at radius 1 is 1.50 bits per heavy atom. The third-order valence-electron chi connectivity index (χ3n) is 3.19. The number of nitrogens with zero attached hydrogens (tertiary/aromatic N) is 1. The fraction of sp³-hybridized carbons (Fsp3) is 0.385. The molecule has 1 aromatic carbocycles. The molecule has 0 bridgehead atoms. The molecule has 1 fully saturated rings. The second-order valence-corrected chi connectivity index (χ2v) is 5.20. The Morgan fingerprint density at radius 3 is 2.94 bits per heavy atom. The first-order valence-electron chi connectivity index (χ1n) is 5.78. The minimum atomic E-state index is -0.562. The first-order valence-corrected chi connectivity index (χ1v) is 6.57. The molecule has 1 saturated carbocycles. The van der Waals surface area contributed by atoms with Crippen LogP contribution in [-0.4, -0.2) is 11.9 Å². The summed E-state index contributed by atoms with van der Waals surface area (Å²) in [5.41, 5.74) is 0.00101. The summed E-state index contributed by atoms with van der Waals surface area (Å²) in [6.07, 6.45) is 2.48. The first-order chi connectivity index (χ1) is 8.63. The molecule has 1 aliphatic rings. The van der Waals surface area contributed by atoms with Gasteiger partial charge in [0.1, 0.15) is 5.82 Å². The number of hydrogen-bond donors (Lipinski definition) is 1. The molecule has 94 valence electrons. The Labute approximate surface area is 113 Å². The van der Waals surface area contributed by atoms with Crippen LogP contribution in [0.2, 0.25) is 0 Å². The van der Waals surface area contributed by atoms with E-state index in [1.54, 1.807) is 6.07 Å². The van der Waals surface area contributed by atoms with Gasteiger partial charge in [-0.05, 0) is 47.3 Å². The summed E-state index contributed by atoms with van der Waals surface area (Å²) in [5.74, 6) is -1.19. The maximum Gasteiger partial charge on any atom is 0.255 e. The number of rotatable bonds is 2. The zero-order valence-electron chi connectivity index (χ0n) is 9.62. The monoisotopic (exact) mass is 310 g/mol. The average molecular weight is 311 g/mol. The normalized spacial score (nSPS) is 22.5. The van der Waals surface area contributed by atoms with Crippen molar-refractivity contribution in [2.45, 2.75) is 25.3 Å². The minimum Gasteiger partial charge on any atom is -0.348 e. The van der Waals surface area contributed by atoms with E-state index in [-0.39, 0.29) is 17.5 Å². The predicted molar refractivity (Wildman–Crippen MR) is 68.3 cm³/mol. The number of carbonyl (C=O) groups is 1. The van der Waals surface area contributed by atoms with Gasteiger partial charge in [0.25, 0.3) is 5.91 Å². The van der Waals surface area contributed by atoms with Crippen molar-refractivity contribution in [1.29, 1.82) is 5.26 Å². The molecule has 2 unspecified atom stereocenters. The molecule has 1 aliphatic carbocycles. The van der Waals surface area contributed by atoms with E-state index in [9.17, 15) is 9.18 Å². The van der Waals surface area contributed by atoms with Crippen LogP contribution < -0.4 is 5.32 Å². The fourth-order valence-electron chi connectivity index (χ4n) is 2.24. The van der Waals surface area contributed by atoms with Gasteiger partial charge in [-0.2, -0.15) is 5.26 Å². The van der Waals surface area contributed by atoms with Gasteiger partial charge in [-0.15, -0.1) is 0 Å². The lowest BCUT2D eigenvalue weighted by Crippen LogP contribution is -2.37. The summed E-state index contributed by atoms with van der Waals surface area (Å²) in [6, 6.07) is 6.40. The van der Waals surface area contributed by atoms with Crippen molar-refractivity contribution in [3.63, 3.8) is 0 Å². The molecule has 0 heterocycles. The SMILES string of the molecule is N#CC1CCCC1NC(=O)c1c(F)cccc1Br. The molecule has 5 heteroatoms. The summed E-state index contributed by atoms with van der Waals surface area (Å²) in [4.78, 5) is 12.0. The van der Waals surface area contributed by atoms with Crippen molar-refractivity contribution in [2.75, 3.05) is 0 Å². The van der Waals surface area contributed by atoms with Crippen molar-refractivity contribution in [2.24, 2.45) is 5.92 Å². The molecular weight excluding hydrogens is 299 g/mol. The van der Waals surface area contributed by atoms with E-state index < -0.39 is 11.7 Å². The molecule has 1 N–H and O–H groups in total. The minimum absolute atomic E-state index is 0.00101. The van der Waals surface area contributed by atoms with Gasteiger partial charge in [-0.1, -0.05) is 6.07 Å². The fourth-order valence-corrected chi connectivity index (χ4v) is 2.76. The highest BCUT2D eigenvalue weighted by Crippen LogP contribution is 2.26. The molecule has 2 rings (SSSR count). The summed E-state index contributed by atoms with van der Waals surface area (Å²) in [6.45, 7) is 0. The van der Waals surface area contributed by atoms with Gasteiger partial charge in [0.05, 0.1) is 17.6 Å². The van der Waals surface area contributed by atoms with Crippen molar-refractivity contribution >= 4 is 21.8 Å². The molecule has 0 aromatic heterocycles. The molecule has 2 atom stereocenters. The van der Waals surface area contributed by atoms with Crippen LogP contribution in [0, 0.1) is 23.1 Å². The van der Waals surface area contributed by atoms with Crippen LogP contribution in [0.4, 0.5) is 4.39 Å². The Hall–Kier alpha value is -1.41. The highest BCUT2D eigenvalue weighted by Gasteiger charge is 2.29. The summed E-state index contributed by atoms with van der Waals surface area (Å²) < 4.78 is 14.0. The third-order valence-corrected chi connectivity index (χ3v) is 3.85. The molecule has 18 heavy (non-hydrogen) atoms. The predicted octanol–water partition coefficient (Wildman–Crippen LogP) is 3.01. The van der Waals surface area contributed by atoms with E-state index in [1.807, 2.05) is 0 Å². The average Bonchev–Trinajstić information content (AvgIpc) is 2.76. The highest BCUT2D eigenvalue weighted by atomic mass is 79.9. The van der Waals surface area contributed by atoms with Gasteiger partial charge < -0.3 is 5.32 Å². The van der Waals surface area contributed by atoms with Crippen LogP contribution in [0.5, 0.6) is 0 Å². The van der Waals surface area contributed by atoms with Crippen LogP contribution in [0.3, 0.4) is 0 Å². The van der Waals surface area contributed by atoms with E-state index in [0.717, 1.165) is 19.3 Å². The number of hydrogen-bond acceptors (Lipinski definition) is 2. The topological polar surface area (TPSA) is 52.9 Å². The number of nitriles is 1. The summed E-state index contributed by atoms with van der Waals surface area (Å²) in [7, 11) is 0. The van der Waals surface area contributed by atoms with Gasteiger partial charge in [0, 0.05) is 10.5 Å². The lowest BCUT2D eigenvalue weighted by Gasteiger charge is -2.16. The van der Waals surface area contributed by atoms with Gasteiger partial charge in [-0.25, -0.2) is 4.39 Å². The quantitative estimate of drug-likeness (QED) is 0.913. The van der Waals surface area contributed by atoms with Crippen LogP contribution >= 0.6 is 15.9 Å². The van der Waals surface area contributed by atoms with Crippen LogP contribution in [0.15, 0.2) is 22.7 Å². The molecule has 3 nitrogen and oxygen atoms in total. The van der Waals surface area contributed by atoms with Crippen LogP contribution in [0.25, 0.3) is 0 Å². The Morgan fingerprint density at radius 2 is 2.28 bits per heavy atom. The van der Waals surface area contributed by atoms with E-state index in [4.69, 9.17) is 5.26 Å². The van der Waals surface area contributed by atoms with Crippen molar-refractivity contribution in [1.82, 2.24) is 5.32 Å². The van der Waals surface area contributed by atoms with Gasteiger partial charge >= 0.3 is 0 Å². The smallest absolute Gasteiger partial charge is 0.255 e. The van der Waals surface area contributed by atoms with Crippen LogP contribution in [-0.2, 0) is 0 Å². The van der Waals surface area contributed by atoms with Crippen molar-refractivity contribution < 1.29 is 9.18 Å². The molecule has 1 amide bonds. The van der Waals surface area contributed by atoms with Gasteiger partial charge in [0.2, 0.25) is 0 Å². The number of carbonyl (C=O) groups excluding carboxylic acids is 1. The highest BCUT2D eigenvalue weighted by molar-refractivity contribution is 9.10. The second kappa shape index (κ2) is 5.49. The lowest BCUT2D eigenvalue weighted by molar-refractivity contribution is 0.0928. The Kier molecular flexibility index (Phi) is 3.97. The zero-order valence-corrected chi connectivity index (χ0v) is 11.2. The summed E-state index contributed by atoms with van der Waals surface area (Å²) >= 11 is 3.16. The Balaban J connectivity index is 2.16. The maximum absolute atomic E-state index is 13.6. The van der Waals surface area contributed by atoms with E-state index in [2.05, 4.69) is 27.3 Å². The van der Waals surface area contributed by atoms with E-state index in [0.29, 0.717) is 4.47 Å². The number of halogens is 2. The molecule has 0 spiro atoms. The second-order valence-electron chi connectivity index (χ2n) is 4.34. The number of benzene rings is 1. The zero-order chi connectivity index (χ0) is 13.1.